The first-order valence-corrected chi connectivity index (χ1v) is 10.3. The van der Waals surface area contributed by atoms with Gasteiger partial charge >= 0.3 is 0 Å². The summed E-state index contributed by atoms with van der Waals surface area (Å²) < 4.78 is 13.9. The highest BCUT2D eigenvalue weighted by atomic mass is 35.5. The second-order valence-electron chi connectivity index (χ2n) is 7.43. The van der Waals surface area contributed by atoms with Crippen LogP contribution in [-0.4, -0.2) is 9.97 Å². The van der Waals surface area contributed by atoms with Crippen LogP contribution in [0.1, 0.15) is 29.2 Å². The lowest BCUT2D eigenvalue weighted by molar-refractivity contribution is 0.629. The summed E-state index contributed by atoms with van der Waals surface area (Å²) in [5.41, 5.74) is 4.65. The third-order valence-electron chi connectivity index (χ3n) is 5.52. The van der Waals surface area contributed by atoms with Gasteiger partial charge < -0.3 is 10.6 Å². The maximum Gasteiger partial charge on any atom is 0.143 e. The van der Waals surface area contributed by atoms with E-state index in [1.165, 1.54) is 29.5 Å². The Morgan fingerprint density at radius 3 is 2.81 bits per heavy atom. The van der Waals surface area contributed by atoms with E-state index in [1.54, 1.807) is 12.3 Å². The van der Waals surface area contributed by atoms with Crippen molar-refractivity contribution in [3.05, 3.63) is 88.5 Å². The summed E-state index contributed by atoms with van der Waals surface area (Å²) in [6.07, 6.45) is 5.17. The molecule has 1 aliphatic carbocycles. The minimum absolute atomic E-state index is 0.0400. The molecule has 0 fully saturated rings. The van der Waals surface area contributed by atoms with Gasteiger partial charge in [-0.2, -0.15) is 5.26 Å². The summed E-state index contributed by atoms with van der Waals surface area (Å²) in [7, 11) is 0. The number of rotatable bonds is 4. The van der Waals surface area contributed by atoms with Crippen LogP contribution in [0.3, 0.4) is 0 Å². The maximum absolute atomic E-state index is 13.9. The second-order valence-corrected chi connectivity index (χ2v) is 7.84. The van der Waals surface area contributed by atoms with E-state index in [4.69, 9.17) is 11.6 Å². The van der Waals surface area contributed by atoms with Crippen molar-refractivity contribution in [3.8, 4) is 6.07 Å². The fraction of sp³-hybridized carbons (Fsp3) is 0.125. The van der Waals surface area contributed by atoms with Crippen molar-refractivity contribution in [2.45, 2.75) is 18.9 Å². The zero-order valence-electron chi connectivity index (χ0n) is 16.4. The van der Waals surface area contributed by atoms with Crippen LogP contribution in [0.25, 0.3) is 10.9 Å². The number of hydrogen-bond donors (Lipinski definition) is 2. The van der Waals surface area contributed by atoms with Crippen LogP contribution in [0.15, 0.2) is 60.9 Å². The summed E-state index contributed by atoms with van der Waals surface area (Å²) in [6.45, 7) is 0. The van der Waals surface area contributed by atoms with Gasteiger partial charge in [0.15, 0.2) is 0 Å². The van der Waals surface area contributed by atoms with E-state index in [2.05, 4.69) is 44.9 Å². The van der Waals surface area contributed by atoms with Gasteiger partial charge in [0, 0.05) is 17.3 Å². The number of nitrogens with zero attached hydrogens (tertiary/aromatic N) is 3. The topological polar surface area (TPSA) is 73.6 Å². The number of nitrogens with one attached hydrogen (secondary N) is 2. The van der Waals surface area contributed by atoms with Crippen LogP contribution in [0, 0.1) is 17.1 Å². The van der Waals surface area contributed by atoms with Crippen molar-refractivity contribution in [1.29, 1.82) is 5.26 Å². The molecule has 2 aromatic heterocycles. The summed E-state index contributed by atoms with van der Waals surface area (Å²) in [5.74, 6) is 0.156. The van der Waals surface area contributed by atoms with Gasteiger partial charge in [0.25, 0.3) is 0 Å². The van der Waals surface area contributed by atoms with E-state index in [1.807, 2.05) is 12.1 Å². The number of aromatic nitrogens is 2. The average molecular weight is 430 g/mol. The molecule has 1 atom stereocenters. The Morgan fingerprint density at radius 2 is 1.97 bits per heavy atom. The van der Waals surface area contributed by atoms with Gasteiger partial charge in [-0.15, -0.1) is 0 Å². The molecule has 7 heteroatoms. The van der Waals surface area contributed by atoms with E-state index in [-0.39, 0.29) is 11.1 Å². The molecular formula is C24H17ClFN5. The largest absolute Gasteiger partial charge is 0.363 e. The van der Waals surface area contributed by atoms with E-state index >= 15 is 0 Å². The van der Waals surface area contributed by atoms with Gasteiger partial charge in [-0.3, -0.25) is 4.98 Å². The van der Waals surface area contributed by atoms with E-state index in [0.717, 1.165) is 18.2 Å². The molecule has 31 heavy (non-hydrogen) atoms. The molecule has 0 radical (unpaired) electrons. The standard InChI is InChI=1S/C24H17ClFN5/c25-19-7-6-16(9-20(19)26)30-24-15(11-27)12-28-22-13-29-23(10-18(22)24)31-21-8-5-14-3-1-2-4-17(14)21/h1-4,6-7,9-10,12-13,21H,5,8H2,(H,28,30)(H,29,31)/t21-/m1/s1. The number of fused-ring (bicyclic) bond motifs is 2. The molecule has 2 aromatic carbocycles. The third-order valence-corrected chi connectivity index (χ3v) is 5.83. The molecule has 5 rings (SSSR count). The fourth-order valence-corrected chi connectivity index (χ4v) is 4.11. The van der Waals surface area contributed by atoms with E-state index in [9.17, 15) is 9.65 Å². The highest BCUT2D eigenvalue weighted by Gasteiger charge is 2.22. The Balaban J connectivity index is 1.53. The van der Waals surface area contributed by atoms with Gasteiger partial charge in [0.1, 0.15) is 17.7 Å². The molecular weight excluding hydrogens is 413 g/mol. The number of benzene rings is 2. The van der Waals surface area contributed by atoms with Gasteiger partial charge in [-0.25, -0.2) is 9.37 Å². The Hall–Kier alpha value is -3.69. The monoisotopic (exact) mass is 429 g/mol. The molecule has 0 bridgehead atoms. The number of pyridine rings is 2. The van der Waals surface area contributed by atoms with Crippen LogP contribution < -0.4 is 10.6 Å². The molecule has 5 nitrogen and oxygen atoms in total. The minimum Gasteiger partial charge on any atom is -0.363 e. The Morgan fingerprint density at radius 1 is 1.10 bits per heavy atom. The van der Waals surface area contributed by atoms with E-state index in [0.29, 0.717) is 28.3 Å². The van der Waals surface area contributed by atoms with Gasteiger partial charge in [0.05, 0.1) is 34.0 Å². The molecule has 0 saturated heterocycles. The van der Waals surface area contributed by atoms with Crippen molar-refractivity contribution >= 4 is 39.7 Å². The lowest BCUT2D eigenvalue weighted by Gasteiger charge is -2.16. The van der Waals surface area contributed by atoms with Crippen molar-refractivity contribution in [2.75, 3.05) is 10.6 Å². The SMILES string of the molecule is N#Cc1cnc2cnc(N[C@@H]3CCc4ccccc43)cc2c1Nc1ccc(Cl)c(F)c1. The highest BCUT2D eigenvalue weighted by molar-refractivity contribution is 6.30. The summed E-state index contributed by atoms with van der Waals surface area (Å²) in [5, 5.41) is 17.0. The predicted octanol–water partition coefficient (Wildman–Crippen LogP) is 6.14. The summed E-state index contributed by atoms with van der Waals surface area (Å²) in [4.78, 5) is 8.86. The van der Waals surface area contributed by atoms with Crippen molar-refractivity contribution < 1.29 is 4.39 Å². The quantitative estimate of drug-likeness (QED) is 0.407. The van der Waals surface area contributed by atoms with Gasteiger partial charge in [0.2, 0.25) is 0 Å². The Labute approximate surface area is 183 Å². The van der Waals surface area contributed by atoms with Crippen molar-refractivity contribution in [3.63, 3.8) is 0 Å². The van der Waals surface area contributed by atoms with E-state index < -0.39 is 5.82 Å². The molecule has 0 amide bonds. The minimum atomic E-state index is -0.535. The zero-order valence-corrected chi connectivity index (χ0v) is 17.1. The molecule has 2 N–H and O–H groups in total. The smallest absolute Gasteiger partial charge is 0.143 e. The molecule has 0 aliphatic heterocycles. The number of hydrogen-bond acceptors (Lipinski definition) is 5. The van der Waals surface area contributed by atoms with Crippen molar-refractivity contribution in [2.24, 2.45) is 0 Å². The van der Waals surface area contributed by atoms with Crippen LogP contribution in [-0.2, 0) is 6.42 Å². The molecule has 152 valence electrons. The number of anilines is 3. The van der Waals surface area contributed by atoms with Gasteiger partial charge in [-0.1, -0.05) is 35.9 Å². The highest BCUT2D eigenvalue weighted by Crippen LogP contribution is 2.35. The van der Waals surface area contributed by atoms with Gasteiger partial charge in [-0.05, 0) is 48.2 Å². The second kappa shape index (κ2) is 7.86. The molecule has 4 aromatic rings. The van der Waals surface area contributed by atoms with Crippen LogP contribution in [0.4, 0.5) is 21.6 Å². The number of nitriles is 1. The molecule has 0 unspecified atom stereocenters. The zero-order chi connectivity index (χ0) is 21.4. The first-order chi connectivity index (χ1) is 15.1. The van der Waals surface area contributed by atoms with Crippen LogP contribution in [0.5, 0.6) is 0 Å². The molecule has 0 spiro atoms. The first kappa shape index (κ1) is 19.3. The average Bonchev–Trinajstić information content (AvgIpc) is 3.19. The summed E-state index contributed by atoms with van der Waals surface area (Å²) >= 11 is 5.79. The maximum atomic E-state index is 13.9. The molecule has 1 aliphatic rings. The van der Waals surface area contributed by atoms with Crippen LogP contribution >= 0.6 is 11.6 Å². The fourth-order valence-electron chi connectivity index (χ4n) is 4.00. The number of aryl methyl sites for hydroxylation is 1. The lowest BCUT2D eigenvalue weighted by atomic mass is 10.1. The Kier molecular flexibility index (Phi) is 4.89. The molecule has 2 heterocycles. The third kappa shape index (κ3) is 3.65. The normalized spacial score (nSPS) is 14.8. The van der Waals surface area contributed by atoms with Crippen LogP contribution in [0.2, 0.25) is 5.02 Å². The number of halogens is 2. The summed E-state index contributed by atoms with van der Waals surface area (Å²) in [6, 6.07) is 17.0. The van der Waals surface area contributed by atoms with Crippen molar-refractivity contribution in [1.82, 2.24) is 9.97 Å². The predicted molar refractivity (Wildman–Crippen MR) is 120 cm³/mol. The molecule has 0 saturated carbocycles. The Bertz CT molecular complexity index is 1350. The lowest BCUT2D eigenvalue weighted by Crippen LogP contribution is -2.08. The first-order valence-electron chi connectivity index (χ1n) is 9.87.